The zero-order chi connectivity index (χ0) is 17.1. The fourth-order valence-corrected chi connectivity index (χ4v) is 4.03. The van der Waals surface area contributed by atoms with Gasteiger partial charge in [-0.05, 0) is 57.4 Å². The maximum Gasteiger partial charge on any atom is 0.234 e. The summed E-state index contributed by atoms with van der Waals surface area (Å²) in [5, 5.41) is 6.08. The van der Waals surface area contributed by atoms with Gasteiger partial charge >= 0.3 is 0 Å². The van der Waals surface area contributed by atoms with Crippen molar-refractivity contribution in [1.29, 1.82) is 0 Å². The maximum absolute atomic E-state index is 11.8. The molecule has 1 aromatic heterocycles. The Kier molecular flexibility index (Phi) is 5.31. The first-order chi connectivity index (χ1) is 11.5. The Morgan fingerprint density at radius 1 is 1.33 bits per heavy atom. The second kappa shape index (κ2) is 7.45. The summed E-state index contributed by atoms with van der Waals surface area (Å²) >= 11 is 1.66. The third-order valence-electron chi connectivity index (χ3n) is 4.21. The smallest absolute Gasteiger partial charge is 0.234 e. The van der Waals surface area contributed by atoms with E-state index in [-0.39, 0.29) is 11.9 Å². The van der Waals surface area contributed by atoms with Crippen LogP contribution in [0.2, 0.25) is 0 Å². The number of aromatic nitrogens is 1. The van der Waals surface area contributed by atoms with Gasteiger partial charge in [0.1, 0.15) is 5.01 Å². The van der Waals surface area contributed by atoms with Crippen molar-refractivity contribution in [3.8, 4) is 11.3 Å². The van der Waals surface area contributed by atoms with E-state index in [1.54, 1.807) is 11.3 Å². The fourth-order valence-electron chi connectivity index (χ4n) is 3.15. The number of amides is 1. The summed E-state index contributed by atoms with van der Waals surface area (Å²) in [6.45, 7) is 5.04. The largest absolute Gasteiger partial charge is 0.353 e. The van der Waals surface area contributed by atoms with E-state index in [4.69, 9.17) is 4.98 Å². The number of likely N-dealkylation sites (N-methyl/N-ethyl adjacent to an activating group) is 1. The zero-order valence-electron chi connectivity index (χ0n) is 14.6. The number of carbonyl (C=O) groups excluding carboxylic acids is 1. The van der Waals surface area contributed by atoms with E-state index < -0.39 is 0 Å². The molecule has 5 heteroatoms. The summed E-state index contributed by atoms with van der Waals surface area (Å²) in [5.74, 6) is 0.0582. The quantitative estimate of drug-likeness (QED) is 0.876. The van der Waals surface area contributed by atoms with Crippen molar-refractivity contribution in [3.05, 3.63) is 39.7 Å². The van der Waals surface area contributed by atoms with Crippen LogP contribution in [0.4, 0.5) is 0 Å². The van der Waals surface area contributed by atoms with Gasteiger partial charge in [0.15, 0.2) is 0 Å². The number of carbonyl (C=O) groups is 1. The van der Waals surface area contributed by atoms with Gasteiger partial charge in [-0.2, -0.15) is 0 Å². The van der Waals surface area contributed by atoms with E-state index >= 15 is 0 Å². The molecule has 2 aromatic rings. The number of rotatable bonds is 6. The lowest BCUT2D eigenvalue weighted by atomic mass is 10.1. The van der Waals surface area contributed by atoms with Crippen LogP contribution in [0.15, 0.2) is 23.6 Å². The maximum atomic E-state index is 11.8. The molecular weight excluding hydrogens is 318 g/mol. The average Bonchev–Trinajstić information content (AvgIpc) is 3.13. The van der Waals surface area contributed by atoms with Crippen molar-refractivity contribution in [2.45, 2.75) is 45.7 Å². The molecule has 1 aliphatic carbocycles. The first-order valence-electron chi connectivity index (χ1n) is 8.56. The Bertz CT molecular complexity index is 723. The number of thiazole rings is 1. The van der Waals surface area contributed by atoms with Crippen LogP contribution in [0.1, 0.15) is 36.4 Å². The molecule has 1 N–H and O–H groups in total. The van der Waals surface area contributed by atoms with E-state index in [1.807, 2.05) is 25.8 Å². The third kappa shape index (κ3) is 4.22. The number of benzene rings is 1. The van der Waals surface area contributed by atoms with Gasteiger partial charge in [-0.25, -0.2) is 4.98 Å². The molecule has 0 spiro atoms. The standard InChI is InChI=1S/C19H25N3OS/c1-13(2)20-18(23)10-22(3)11-19-21-17(12-24-19)16-8-7-14-5-4-6-15(14)9-16/h7-9,12-13H,4-6,10-11H2,1-3H3,(H,20,23). The van der Waals surface area contributed by atoms with Gasteiger partial charge < -0.3 is 5.32 Å². The number of hydrogen-bond acceptors (Lipinski definition) is 4. The van der Waals surface area contributed by atoms with Crippen LogP contribution in [-0.4, -0.2) is 35.4 Å². The van der Waals surface area contributed by atoms with Crippen molar-refractivity contribution in [3.63, 3.8) is 0 Å². The highest BCUT2D eigenvalue weighted by atomic mass is 32.1. The molecule has 1 amide bonds. The van der Waals surface area contributed by atoms with Crippen molar-refractivity contribution in [1.82, 2.24) is 15.2 Å². The number of hydrogen-bond donors (Lipinski definition) is 1. The van der Waals surface area contributed by atoms with Gasteiger partial charge in [0.05, 0.1) is 18.8 Å². The Morgan fingerprint density at radius 3 is 2.92 bits per heavy atom. The van der Waals surface area contributed by atoms with Gasteiger partial charge in [0, 0.05) is 17.0 Å². The highest BCUT2D eigenvalue weighted by Gasteiger charge is 2.14. The van der Waals surface area contributed by atoms with Crippen LogP contribution in [0, 0.1) is 0 Å². The topological polar surface area (TPSA) is 45.2 Å². The van der Waals surface area contributed by atoms with Crippen molar-refractivity contribution in [2.75, 3.05) is 13.6 Å². The molecule has 1 aliphatic rings. The van der Waals surface area contributed by atoms with Gasteiger partial charge in [-0.15, -0.1) is 11.3 Å². The van der Waals surface area contributed by atoms with Crippen LogP contribution in [0.3, 0.4) is 0 Å². The predicted molar refractivity (Wildman–Crippen MR) is 99.2 cm³/mol. The van der Waals surface area contributed by atoms with Crippen molar-refractivity contribution >= 4 is 17.2 Å². The van der Waals surface area contributed by atoms with Gasteiger partial charge in [0.25, 0.3) is 0 Å². The van der Waals surface area contributed by atoms with Crippen LogP contribution in [-0.2, 0) is 24.2 Å². The Morgan fingerprint density at radius 2 is 2.12 bits per heavy atom. The summed E-state index contributed by atoms with van der Waals surface area (Å²) < 4.78 is 0. The number of nitrogens with zero attached hydrogens (tertiary/aromatic N) is 2. The Labute approximate surface area is 147 Å². The van der Waals surface area contributed by atoms with Gasteiger partial charge in [-0.3, -0.25) is 9.69 Å². The molecule has 1 heterocycles. The van der Waals surface area contributed by atoms with Crippen LogP contribution >= 0.6 is 11.3 Å². The van der Waals surface area contributed by atoms with E-state index in [0.29, 0.717) is 13.1 Å². The van der Waals surface area contributed by atoms with E-state index in [2.05, 4.69) is 28.9 Å². The average molecular weight is 343 g/mol. The molecule has 0 fully saturated rings. The second-order valence-corrected chi connectivity index (χ2v) is 7.80. The fraction of sp³-hybridized carbons (Fsp3) is 0.474. The highest BCUT2D eigenvalue weighted by Crippen LogP contribution is 2.29. The van der Waals surface area contributed by atoms with Gasteiger partial charge in [0.2, 0.25) is 5.91 Å². The first-order valence-corrected chi connectivity index (χ1v) is 9.43. The first kappa shape index (κ1) is 17.1. The SMILES string of the molecule is CC(C)NC(=O)CN(C)Cc1nc(-c2ccc3c(c2)CCC3)cs1. The summed E-state index contributed by atoms with van der Waals surface area (Å²) in [5.41, 5.74) is 5.22. The lowest BCUT2D eigenvalue weighted by Crippen LogP contribution is -2.38. The molecule has 3 rings (SSSR count). The molecule has 0 saturated heterocycles. The third-order valence-corrected chi connectivity index (χ3v) is 5.05. The molecule has 0 atom stereocenters. The normalized spacial score (nSPS) is 13.5. The highest BCUT2D eigenvalue weighted by molar-refractivity contribution is 7.09. The monoisotopic (exact) mass is 343 g/mol. The molecule has 128 valence electrons. The molecule has 1 aromatic carbocycles. The van der Waals surface area contributed by atoms with Crippen LogP contribution in [0.5, 0.6) is 0 Å². The zero-order valence-corrected chi connectivity index (χ0v) is 15.4. The summed E-state index contributed by atoms with van der Waals surface area (Å²) in [6.07, 6.45) is 3.67. The Hall–Kier alpha value is -1.72. The molecule has 0 radical (unpaired) electrons. The summed E-state index contributed by atoms with van der Waals surface area (Å²) in [7, 11) is 1.95. The minimum Gasteiger partial charge on any atom is -0.353 e. The molecule has 0 unspecified atom stereocenters. The Balaban J connectivity index is 1.62. The molecule has 0 saturated carbocycles. The lowest BCUT2D eigenvalue weighted by molar-refractivity contribution is -0.122. The van der Waals surface area contributed by atoms with E-state index in [1.165, 1.54) is 36.0 Å². The summed E-state index contributed by atoms with van der Waals surface area (Å²) in [6, 6.07) is 6.90. The summed E-state index contributed by atoms with van der Waals surface area (Å²) in [4.78, 5) is 18.6. The van der Waals surface area contributed by atoms with Gasteiger partial charge in [-0.1, -0.05) is 12.1 Å². The molecular formula is C19H25N3OS. The van der Waals surface area contributed by atoms with E-state index in [9.17, 15) is 4.79 Å². The number of nitrogens with one attached hydrogen (secondary N) is 1. The van der Waals surface area contributed by atoms with E-state index in [0.717, 1.165) is 10.7 Å². The second-order valence-electron chi connectivity index (χ2n) is 6.86. The molecule has 4 nitrogen and oxygen atoms in total. The molecule has 0 aliphatic heterocycles. The molecule has 24 heavy (non-hydrogen) atoms. The van der Waals surface area contributed by atoms with Crippen molar-refractivity contribution in [2.24, 2.45) is 0 Å². The molecule has 0 bridgehead atoms. The van der Waals surface area contributed by atoms with Crippen molar-refractivity contribution < 1.29 is 4.79 Å². The number of fused-ring (bicyclic) bond motifs is 1. The van der Waals surface area contributed by atoms with Crippen LogP contribution < -0.4 is 5.32 Å². The minimum atomic E-state index is 0.0582. The lowest BCUT2D eigenvalue weighted by Gasteiger charge is -2.16. The van der Waals surface area contributed by atoms with Crippen LogP contribution in [0.25, 0.3) is 11.3 Å². The minimum absolute atomic E-state index is 0.0582. The predicted octanol–water partition coefficient (Wildman–Crippen LogP) is 3.26. The number of aryl methyl sites for hydroxylation is 2.